The fourth-order valence-electron chi connectivity index (χ4n) is 2.21. The maximum atomic E-state index is 11.9. The average Bonchev–Trinajstić information content (AvgIpc) is 2.88. The summed E-state index contributed by atoms with van der Waals surface area (Å²) in [5, 5.41) is 12.0. The lowest BCUT2D eigenvalue weighted by molar-refractivity contribution is -0.130. The van der Waals surface area contributed by atoms with Crippen LogP contribution in [0, 0.1) is 11.3 Å². The van der Waals surface area contributed by atoms with Crippen molar-refractivity contribution in [1.82, 2.24) is 10.2 Å². The van der Waals surface area contributed by atoms with Crippen molar-refractivity contribution >= 4 is 5.91 Å². The number of benzene rings is 1. The summed E-state index contributed by atoms with van der Waals surface area (Å²) < 4.78 is 0. The number of carbonyl (C=O) groups is 1. The lowest BCUT2D eigenvalue weighted by atomic mass is 10.2. The molecule has 0 bridgehead atoms. The van der Waals surface area contributed by atoms with Gasteiger partial charge in [0.25, 0.3) is 0 Å². The highest BCUT2D eigenvalue weighted by Crippen LogP contribution is 2.15. The molecule has 0 unspecified atom stereocenters. The average molecular weight is 243 g/mol. The number of nitrogens with zero attached hydrogens (tertiary/aromatic N) is 2. The molecule has 1 heterocycles. The summed E-state index contributed by atoms with van der Waals surface area (Å²) in [6.45, 7) is 1.69. The molecule has 0 spiro atoms. The molecule has 1 fully saturated rings. The van der Waals surface area contributed by atoms with Gasteiger partial charge < -0.3 is 10.2 Å². The minimum absolute atomic E-state index is 0.0231. The first-order valence-corrected chi connectivity index (χ1v) is 6.25. The lowest BCUT2D eigenvalue weighted by Gasteiger charge is -2.19. The van der Waals surface area contributed by atoms with Crippen LogP contribution in [0.3, 0.4) is 0 Å². The Hall–Kier alpha value is -1.86. The Balaban J connectivity index is 1.77. The van der Waals surface area contributed by atoms with Crippen molar-refractivity contribution in [3.05, 3.63) is 35.9 Å². The van der Waals surface area contributed by atoms with Crippen LogP contribution in [0.4, 0.5) is 0 Å². The number of likely N-dealkylation sites (tertiary alicyclic amines) is 1. The van der Waals surface area contributed by atoms with Crippen LogP contribution >= 0.6 is 0 Å². The zero-order valence-corrected chi connectivity index (χ0v) is 10.3. The molecule has 4 heteroatoms. The first-order valence-electron chi connectivity index (χ1n) is 6.25. The molecule has 1 N–H and O–H groups in total. The zero-order chi connectivity index (χ0) is 12.8. The minimum atomic E-state index is -0.226. The summed E-state index contributed by atoms with van der Waals surface area (Å²) in [5.41, 5.74) is 1.16. The fraction of sp³-hybridized carbons (Fsp3) is 0.429. The Morgan fingerprint density at radius 3 is 2.94 bits per heavy atom. The smallest absolute Gasteiger partial charge is 0.237 e. The zero-order valence-electron chi connectivity index (χ0n) is 10.3. The number of rotatable bonds is 4. The summed E-state index contributed by atoms with van der Waals surface area (Å²) >= 11 is 0. The Labute approximate surface area is 107 Å². The molecule has 1 aliphatic heterocycles. The van der Waals surface area contributed by atoms with Gasteiger partial charge in [0.15, 0.2) is 0 Å². The molecule has 2 rings (SSSR count). The van der Waals surface area contributed by atoms with Crippen molar-refractivity contribution in [2.75, 3.05) is 13.1 Å². The van der Waals surface area contributed by atoms with Gasteiger partial charge in [0.1, 0.15) is 6.04 Å². The molecule has 0 aliphatic carbocycles. The normalized spacial score (nSPS) is 18.6. The van der Waals surface area contributed by atoms with Crippen LogP contribution in [0.2, 0.25) is 0 Å². The summed E-state index contributed by atoms with van der Waals surface area (Å²) in [7, 11) is 0. The SMILES string of the molecule is N#C[C@@H]1CCCN1C(=O)CNCc1ccccc1. The predicted octanol–water partition coefficient (Wildman–Crippen LogP) is 1.29. The van der Waals surface area contributed by atoms with Crippen LogP contribution in [0.5, 0.6) is 0 Å². The van der Waals surface area contributed by atoms with Gasteiger partial charge in [-0.2, -0.15) is 5.26 Å². The molecule has 1 aliphatic rings. The van der Waals surface area contributed by atoms with Gasteiger partial charge in [-0.25, -0.2) is 0 Å². The monoisotopic (exact) mass is 243 g/mol. The molecule has 1 saturated heterocycles. The van der Waals surface area contributed by atoms with Crippen LogP contribution in [0.15, 0.2) is 30.3 Å². The molecule has 0 aromatic heterocycles. The Kier molecular flexibility index (Phi) is 4.32. The van der Waals surface area contributed by atoms with Gasteiger partial charge in [0, 0.05) is 13.1 Å². The first kappa shape index (κ1) is 12.6. The highest BCUT2D eigenvalue weighted by Gasteiger charge is 2.27. The van der Waals surface area contributed by atoms with E-state index in [1.165, 1.54) is 0 Å². The van der Waals surface area contributed by atoms with E-state index in [-0.39, 0.29) is 11.9 Å². The number of hydrogen-bond donors (Lipinski definition) is 1. The molecule has 1 amide bonds. The fourth-order valence-corrected chi connectivity index (χ4v) is 2.21. The summed E-state index contributed by atoms with van der Waals surface area (Å²) in [5.74, 6) is 0.0231. The molecule has 1 aromatic rings. The predicted molar refractivity (Wildman–Crippen MR) is 68.5 cm³/mol. The Morgan fingerprint density at radius 1 is 1.44 bits per heavy atom. The third-order valence-corrected chi connectivity index (χ3v) is 3.17. The second kappa shape index (κ2) is 6.18. The second-order valence-electron chi connectivity index (χ2n) is 4.46. The third-order valence-electron chi connectivity index (χ3n) is 3.17. The van der Waals surface area contributed by atoms with E-state index >= 15 is 0 Å². The van der Waals surface area contributed by atoms with E-state index in [4.69, 9.17) is 5.26 Å². The summed E-state index contributed by atoms with van der Waals surface area (Å²) in [6.07, 6.45) is 1.74. The Bertz CT molecular complexity index is 438. The molecule has 94 valence electrons. The highest BCUT2D eigenvalue weighted by atomic mass is 16.2. The molecular weight excluding hydrogens is 226 g/mol. The van der Waals surface area contributed by atoms with Crippen molar-refractivity contribution in [3.8, 4) is 6.07 Å². The number of hydrogen-bond acceptors (Lipinski definition) is 3. The summed E-state index contributed by atoms with van der Waals surface area (Å²) in [6, 6.07) is 11.9. The quantitative estimate of drug-likeness (QED) is 0.867. The van der Waals surface area contributed by atoms with E-state index in [0.29, 0.717) is 19.6 Å². The van der Waals surface area contributed by atoms with Gasteiger partial charge in [-0.1, -0.05) is 30.3 Å². The van der Waals surface area contributed by atoms with Gasteiger partial charge in [-0.3, -0.25) is 4.79 Å². The van der Waals surface area contributed by atoms with E-state index in [2.05, 4.69) is 11.4 Å². The minimum Gasteiger partial charge on any atom is -0.326 e. The molecule has 18 heavy (non-hydrogen) atoms. The van der Waals surface area contributed by atoms with Crippen LogP contribution in [-0.4, -0.2) is 29.9 Å². The van der Waals surface area contributed by atoms with Gasteiger partial charge in [0.2, 0.25) is 5.91 Å². The van der Waals surface area contributed by atoms with Crippen molar-refractivity contribution in [3.63, 3.8) is 0 Å². The van der Waals surface area contributed by atoms with Crippen LogP contribution in [-0.2, 0) is 11.3 Å². The molecule has 1 atom stereocenters. The van der Waals surface area contributed by atoms with Crippen molar-refractivity contribution in [2.45, 2.75) is 25.4 Å². The van der Waals surface area contributed by atoms with Crippen LogP contribution in [0.25, 0.3) is 0 Å². The van der Waals surface area contributed by atoms with Crippen molar-refractivity contribution < 1.29 is 4.79 Å². The second-order valence-corrected chi connectivity index (χ2v) is 4.46. The van der Waals surface area contributed by atoms with Crippen molar-refractivity contribution in [2.24, 2.45) is 0 Å². The maximum Gasteiger partial charge on any atom is 0.237 e. The van der Waals surface area contributed by atoms with Gasteiger partial charge in [-0.15, -0.1) is 0 Å². The van der Waals surface area contributed by atoms with E-state index in [1.807, 2.05) is 30.3 Å². The van der Waals surface area contributed by atoms with Gasteiger partial charge in [-0.05, 0) is 18.4 Å². The van der Waals surface area contributed by atoms with Crippen LogP contribution < -0.4 is 5.32 Å². The number of amides is 1. The standard InChI is InChI=1S/C14H17N3O/c15-9-13-7-4-8-17(13)14(18)11-16-10-12-5-2-1-3-6-12/h1-3,5-6,13,16H,4,7-8,10-11H2/t13-/m0/s1. The molecule has 0 radical (unpaired) electrons. The van der Waals surface area contributed by atoms with E-state index < -0.39 is 0 Å². The van der Waals surface area contributed by atoms with Crippen LogP contribution in [0.1, 0.15) is 18.4 Å². The number of nitriles is 1. The Morgan fingerprint density at radius 2 is 2.22 bits per heavy atom. The third kappa shape index (κ3) is 3.08. The molecule has 0 saturated carbocycles. The lowest BCUT2D eigenvalue weighted by Crippen LogP contribution is -2.40. The van der Waals surface area contributed by atoms with E-state index in [9.17, 15) is 4.79 Å². The molecular formula is C14H17N3O. The van der Waals surface area contributed by atoms with Gasteiger partial charge >= 0.3 is 0 Å². The van der Waals surface area contributed by atoms with E-state index in [1.54, 1.807) is 4.90 Å². The molecule has 1 aromatic carbocycles. The largest absolute Gasteiger partial charge is 0.326 e. The number of carbonyl (C=O) groups excluding carboxylic acids is 1. The highest BCUT2D eigenvalue weighted by molar-refractivity contribution is 5.79. The number of nitrogens with one attached hydrogen (secondary N) is 1. The van der Waals surface area contributed by atoms with Crippen molar-refractivity contribution in [1.29, 1.82) is 5.26 Å². The maximum absolute atomic E-state index is 11.9. The van der Waals surface area contributed by atoms with E-state index in [0.717, 1.165) is 18.4 Å². The first-order chi connectivity index (χ1) is 8.81. The van der Waals surface area contributed by atoms with Gasteiger partial charge in [0.05, 0.1) is 12.6 Å². The summed E-state index contributed by atoms with van der Waals surface area (Å²) in [4.78, 5) is 13.6. The molecule has 4 nitrogen and oxygen atoms in total. The topological polar surface area (TPSA) is 56.1 Å².